The fourth-order valence-corrected chi connectivity index (χ4v) is 3.27. The van der Waals surface area contributed by atoms with Crippen molar-refractivity contribution in [2.24, 2.45) is 5.73 Å². The molecule has 1 aliphatic heterocycles. The van der Waals surface area contributed by atoms with Crippen LogP contribution in [0, 0.1) is 0 Å². The predicted octanol–water partition coefficient (Wildman–Crippen LogP) is 2.69. The second-order valence-electron chi connectivity index (χ2n) is 5.42. The van der Waals surface area contributed by atoms with Gasteiger partial charge in [0.15, 0.2) is 0 Å². The Hall–Kier alpha value is -1.42. The third kappa shape index (κ3) is 2.33. The monoisotopic (exact) mass is 270 g/mol. The summed E-state index contributed by atoms with van der Waals surface area (Å²) in [5, 5.41) is 2.69. The van der Waals surface area contributed by atoms with Gasteiger partial charge < -0.3 is 10.5 Å². The van der Waals surface area contributed by atoms with E-state index in [4.69, 9.17) is 10.5 Å². The van der Waals surface area contributed by atoms with Crippen molar-refractivity contribution >= 4 is 10.8 Å². The molecule has 0 spiro atoms. The van der Waals surface area contributed by atoms with Crippen molar-refractivity contribution in [2.75, 3.05) is 26.8 Å². The molecular weight excluding hydrogens is 248 g/mol. The van der Waals surface area contributed by atoms with Gasteiger partial charge in [-0.15, -0.1) is 0 Å². The second-order valence-corrected chi connectivity index (χ2v) is 5.42. The fraction of sp³-hybridized carbons (Fsp3) is 0.412. The highest BCUT2D eigenvalue weighted by Gasteiger charge is 2.29. The molecule has 0 bridgehead atoms. The molecule has 3 rings (SSSR count). The Bertz CT molecular complexity index is 597. The van der Waals surface area contributed by atoms with Crippen LogP contribution in [-0.4, -0.2) is 31.7 Å². The summed E-state index contributed by atoms with van der Waals surface area (Å²) in [6.07, 6.45) is 1.05. The van der Waals surface area contributed by atoms with Gasteiger partial charge >= 0.3 is 0 Å². The van der Waals surface area contributed by atoms with Gasteiger partial charge in [-0.25, -0.2) is 0 Å². The standard InChI is InChI=1S/C17H22N2O/c1-20-10-4-9-19-12-16-14-6-3-2-5-13(14)7-8-15(16)17(19)11-18/h2-3,5-8,17H,4,9-12,18H2,1H3. The molecule has 1 heterocycles. The van der Waals surface area contributed by atoms with Gasteiger partial charge in [-0.05, 0) is 28.3 Å². The molecule has 3 nitrogen and oxygen atoms in total. The number of hydrogen-bond acceptors (Lipinski definition) is 3. The normalized spacial score (nSPS) is 18.6. The van der Waals surface area contributed by atoms with Crippen molar-refractivity contribution in [2.45, 2.75) is 19.0 Å². The van der Waals surface area contributed by atoms with Crippen molar-refractivity contribution in [3.8, 4) is 0 Å². The maximum absolute atomic E-state index is 6.01. The van der Waals surface area contributed by atoms with Crippen LogP contribution in [0.15, 0.2) is 36.4 Å². The minimum absolute atomic E-state index is 0.353. The first-order valence-electron chi connectivity index (χ1n) is 7.28. The Balaban J connectivity index is 1.92. The molecule has 2 aromatic rings. The Morgan fingerprint density at radius 2 is 2.10 bits per heavy atom. The van der Waals surface area contributed by atoms with Crippen LogP contribution >= 0.6 is 0 Å². The van der Waals surface area contributed by atoms with E-state index in [1.807, 2.05) is 0 Å². The zero-order chi connectivity index (χ0) is 13.9. The average molecular weight is 270 g/mol. The zero-order valence-corrected chi connectivity index (χ0v) is 12.0. The van der Waals surface area contributed by atoms with Crippen molar-refractivity contribution in [3.63, 3.8) is 0 Å². The maximum Gasteiger partial charge on any atom is 0.0477 e. The molecule has 2 N–H and O–H groups in total. The summed E-state index contributed by atoms with van der Waals surface area (Å²) in [5.41, 5.74) is 8.88. The van der Waals surface area contributed by atoms with E-state index in [1.54, 1.807) is 7.11 Å². The molecule has 0 aliphatic carbocycles. The summed E-state index contributed by atoms with van der Waals surface area (Å²) >= 11 is 0. The van der Waals surface area contributed by atoms with Gasteiger partial charge in [0, 0.05) is 39.4 Å². The fourth-order valence-electron chi connectivity index (χ4n) is 3.27. The summed E-state index contributed by atoms with van der Waals surface area (Å²) in [4.78, 5) is 2.48. The number of nitrogens with two attached hydrogens (primary N) is 1. The quantitative estimate of drug-likeness (QED) is 0.849. The number of rotatable bonds is 5. The van der Waals surface area contributed by atoms with E-state index in [9.17, 15) is 0 Å². The highest BCUT2D eigenvalue weighted by molar-refractivity contribution is 5.87. The van der Waals surface area contributed by atoms with E-state index in [-0.39, 0.29) is 0 Å². The highest BCUT2D eigenvalue weighted by atomic mass is 16.5. The second kappa shape index (κ2) is 5.92. The number of methoxy groups -OCH3 is 1. The third-order valence-corrected chi connectivity index (χ3v) is 4.25. The molecule has 0 aromatic heterocycles. The van der Waals surface area contributed by atoms with Gasteiger partial charge in [0.25, 0.3) is 0 Å². The van der Waals surface area contributed by atoms with Crippen LogP contribution in [0.25, 0.3) is 10.8 Å². The number of fused-ring (bicyclic) bond motifs is 3. The molecule has 0 amide bonds. The van der Waals surface area contributed by atoms with E-state index in [0.29, 0.717) is 12.6 Å². The van der Waals surface area contributed by atoms with Crippen LogP contribution in [0.1, 0.15) is 23.6 Å². The minimum Gasteiger partial charge on any atom is -0.385 e. The summed E-state index contributed by atoms with van der Waals surface area (Å²) in [6, 6.07) is 13.4. The van der Waals surface area contributed by atoms with E-state index in [0.717, 1.165) is 26.1 Å². The van der Waals surface area contributed by atoms with Crippen LogP contribution < -0.4 is 5.73 Å². The molecule has 0 radical (unpaired) electrons. The molecule has 0 saturated carbocycles. The van der Waals surface area contributed by atoms with Crippen LogP contribution in [0.3, 0.4) is 0 Å². The van der Waals surface area contributed by atoms with Gasteiger partial charge in [0.05, 0.1) is 0 Å². The minimum atomic E-state index is 0.353. The van der Waals surface area contributed by atoms with Crippen LogP contribution in [0.4, 0.5) is 0 Å². The number of nitrogens with zero attached hydrogens (tertiary/aromatic N) is 1. The summed E-state index contributed by atoms with van der Waals surface area (Å²) in [6.45, 7) is 3.53. The molecule has 1 aliphatic rings. The van der Waals surface area contributed by atoms with E-state index >= 15 is 0 Å². The van der Waals surface area contributed by atoms with Crippen molar-refractivity contribution in [3.05, 3.63) is 47.5 Å². The van der Waals surface area contributed by atoms with E-state index in [1.165, 1.54) is 21.9 Å². The lowest BCUT2D eigenvalue weighted by atomic mass is 9.98. The van der Waals surface area contributed by atoms with Gasteiger partial charge in [0.1, 0.15) is 0 Å². The van der Waals surface area contributed by atoms with E-state index in [2.05, 4.69) is 41.3 Å². The number of ether oxygens (including phenoxy) is 1. The Morgan fingerprint density at radius 3 is 2.90 bits per heavy atom. The first-order chi connectivity index (χ1) is 9.85. The first-order valence-corrected chi connectivity index (χ1v) is 7.28. The number of hydrogen-bond donors (Lipinski definition) is 1. The molecule has 2 aromatic carbocycles. The van der Waals surface area contributed by atoms with E-state index < -0.39 is 0 Å². The Labute approximate surface area is 120 Å². The van der Waals surface area contributed by atoms with Gasteiger partial charge in [-0.1, -0.05) is 36.4 Å². The largest absolute Gasteiger partial charge is 0.385 e. The Kier molecular flexibility index (Phi) is 4.01. The molecule has 0 saturated heterocycles. The first kappa shape index (κ1) is 13.6. The summed E-state index contributed by atoms with van der Waals surface area (Å²) in [5.74, 6) is 0. The smallest absolute Gasteiger partial charge is 0.0477 e. The molecular formula is C17H22N2O. The lowest BCUT2D eigenvalue weighted by molar-refractivity contribution is 0.156. The molecule has 3 heteroatoms. The number of benzene rings is 2. The average Bonchev–Trinajstić information content (AvgIpc) is 2.85. The van der Waals surface area contributed by atoms with Crippen molar-refractivity contribution < 1.29 is 4.74 Å². The molecule has 1 atom stereocenters. The van der Waals surface area contributed by atoms with Crippen LogP contribution in [-0.2, 0) is 11.3 Å². The highest BCUT2D eigenvalue weighted by Crippen LogP contribution is 2.37. The van der Waals surface area contributed by atoms with Gasteiger partial charge in [-0.3, -0.25) is 4.90 Å². The molecule has 106 valence electrons. The van der Waals surface area contributed by atoms with Gasteiger partial charge in [0.2, 0.25) is 0 Å². The zero-order valence-electron chi connectivity index (χ0n) is 12.0. The van der Waals surface area contributed by atoms with Crippen molar-refractivity contribution in [1.29, 1.82) is 0 Å². The summed E-state index contributed by atoms with van der Waals surface area (Å²) < 4.78 is 5.16. The summed E-state index contributed by atoms with van der Waals surface area (Å²) in [7, 11) is 1.76. The molecule has 1 unspecified atom stereocenters. The molecule has 20 heavy (non-hydrogen) atoms. The van der Waals surface area contributed by atoms with Crippen LogP contribution in [0.5, 0.6) is 0 Å². The predicted molar refractivity (Wildman–Crippen MR) is 82.6 cm³/mol. The molecule has 0 fully saturated rings. The van der Waals surface area contributed by atoms with Gasteiger partial charge in [-0.2, -0.15) is 0 Å². The Morgan fingerprint density at radius 1 is 1.25 bits per heavy atom. The van der Waals surface area contributed by atoms with Crippen LogP contribution in [0.2, 0.25) is 0 Å². The third-order valence-electron chi connectivity index (χ3n) is 4.25. The topological polar surface area (TPSA) is 38.5 Å². The SMILES string of the molecule is COCCCN1Cc2c(ccc3ccccc23)C1CN. The lowest BCUT2D eigenvalue weighted by Gasteiger charge is -2.23. The lowest BCUT2D eigenvalue weighted by Crippen LogP contribution is -2.29. The maximum atomic E-state index is 6.01. The van der Waals surface area contributed by atoms with Crippen molar-refractivity contribution in [1.82, 2.24) is 4.90 Å².